The van der Waals surface area contributed by atoms with Crippen molar-refractivity contribution in [2.75, 3.05) is 19.0 Å². The van der Waals surface area contributed by atoms with Crippen LogP contribution in [0.2, 0.25) is 5.02 Å². The third-order valence-corrected chi connectivity index (χ3v) is 7.70. The van der Waals surface area contributed by atoms with Crippen LogP contribution in [-0.2, 0) is 27.2 Å². The first kappa shape index (κ1) is 29.8. The first-order chi connectivity index (χ1) is 19.7. The number of fused-ring (bicyclic) bond motifs is 1. The number of hydrogen-bond acceptors (Lipinski definition) is 9. The Morgan fingerprint density at radius 3 is 2.54 bits per heavy atom. The van der Waals surface area contributed by atoms with Crippen LogP contribution in [0.3, 0.4) is 0 Å². The predicted octanol–water partition coefficient (Wildman–Crippen LogP) is 5.02. The van der Waals surface area contributed by atoms with Gasteiger partial charge in [0.25, 0.3) is 0 Å². The quantitative estimate of drug-likeness (QED) is 0.122. The van der Waals surface area contributed by atoms with Crippen LogP contribution in [0.1, 0.15) is 57.0 Å². The fourth-order valence-corrected chi connectivity index (χ4v) is 5.75. The molecule has 2 amide bonds. The molecule has 1 unspecified atom stereocenters. The Morgan fingerprint density at radius 2 is 1.83 bits per heavy atom. The number of hydrazone groups is 1. The number of rotatable bonds is 8. The second-order valence-electron chi connectivity index (χ2n) is 9.24. The fourth-order valence-electron chi connectivity index (χ4n) is 4.23. The van der Waals surface area contributed by atoms with Gasteiger partial charge < -0.3 is 19.5 Å². The van der Waals surface area contributed by atoms with E-state index in [-0.39, 0.29) is 18.1 Å². The van der Waals surface area contributed by atoms with E-state index in [4.69, 9.17) is 25.8 Å². The van der Waals surface area contributed by atoms with E-state index < -0.39 is 23.8 Å². The Bertz CT molecular complexity index is 1500. The van der Waals surface area contributed by atoms with Gasteiger partial charge in [-0.15, -0.1) is 11.3 Å². The number of carbonyl (C=O) groups is 4. The van der Waals surface area contributed by atoms with Crippen molar-refractivity contribution in [3.8, 4) is 11.5 Å². The lowest BCUT2D eigenvalue weighted by Gasteiger charge is -2.18. The van der Waals surface area contributed by atoms with Gasteiger partial charge in [0.2, 0.25) is 0 Å². The molecule has 0 fully saturated rings. The summed E-state index contributed by atoms with van der Waals surface area (Å²) in [6.45, 7) is 4.03. The van der Waals surface area contributed by atoms with Crippen LogP contribution in [0.25, 0.3) is 0 Å². The van der Waals surface area contributed by atoms with Crippen LogP contribution in [0.5, 0.6) is 11.5 Å². The maximum atomic E-state index is 12.6. The molecule has 1 aliphatic rings. The lowest BCUT2D eigenvalue weighted by molar-refractivity contribution is -0.136. The van der Waals surface area contributed by atoms with E-state index in [0.717, 1.165) is 23.3 Å². The SMILES string of the molecule is CCOC(=O)c1c(NC(=O)C(=O)N/N=C/c2ccc(OC(=O)c3ccc(Cl)cc3)c(OC)c2)sc2c1CCC(C)C2. The molecule has 0 radical (unpaired) electrons. The van der Waals surface area contributed by atoms with Crippen molar-refractivity contribution in [2.45, 2.75) is 33.1 Å². The van der Waals surface area contributed by atoms with Gasteiger partial charge in [0, 0.05) is 9.90 Å². The van der Waals surface area contributed by atoms with E-state index in [1.807, 2.05) is 0 Å². The molecule has 3 aromatic rings. The van der Waals surface area contributed by atoms with Crippen molar-refractivity contribution in [1.82, 2.24) is 5.43 Å². The summed E-state index contributed by atoms with van der Waals surface area (Å²) in [6.07, 6.45) is 3.72. The zero-order chi connectivity index (χ0) is 29.5. The summed E-state index contributed by atoms with van der Waals surface area (Å²) in [4.78, 5) is 51.2. The van der Waals surface area contributed by atoms with Gasteiger partial charge in [-0.05, 0) is 85.7 Å². The van der Waals surface area contributed by atoms with Crippen molar-refractivity contribution in [2.24, 2.45) is 11.0 Å². The Morgan fingerprint density at radius 1 is 1.07 bits per heavy atom. The normalized spacial score (nSPS) is 14.2. The fraction of sp³-hybridized carbons (Fsp3) is 0.276. The first-order valence-corrected chi connectivity index (χ1v) is 14.0. The molecular weight excluding hydrogens is 570 g/mol. The molecule has 10 nitrogen and oxygen atoms in total. The average molecular weight is 598 g/mol. The van der Waals surface area contributed by atoms with Crippen molar-refractivity contribution in [1.29, 1.82) is 0 Å². The molecule has 2 aromatic carbocycles. The molecule has 0 aliphatic heterocycles. The second kappa shape index (κ2) is 13.4. The Labute approximate surface area is 245 Å². The van der Waals surface area contributed by atoms with Gasteiger partial charge in [-0.3, -0.25) is 9.59 Å². The van der Waals surface area contributed by atoms with E-state index in [1.54, 1.807) is 43.3 Å². The molecule has 1 heterocycles. The zero-order valence-corrected chi connectivity index (χ0v) is 24.2. The highest BCUT2D eigenvalue weighted by Gasteiger charge is 2.30. The number of nitrogens with zero attached hydrogens (tertiary/aromatic N) is 1. The van der Waals surface area contributed by atoms with Crippen LogP contribution in [0.4, 0.5) is 5.00 Å². The minimum absolute atomic E-state index is 0.179. The number of esters is 2. The van der Waals surface area contributed by atoms with Crippen molar-refractivity contribution >= 4 is 57.9 Å². The average Bonchev–Trinajstić information content (AvgIpc) is 3.30. The summed E-state index contributed by atoms with van der Waals surface area (Å²) in [5.41, 5.74) is 4.17. The molecule has 41 heavy (non-hydrogen) atoms. The Hall–Kier alpha value is -4.22. The molecule has 0 bridgehead atoms. The number of ether oxygens (including phenoxy) is 3. The summed E-state index contributed by atoms with van der Waals surface area (Å²) >= 11 is 7.15. The number of benzene rings is 2. The summed E-state index contributed by atoms with van der Waals surface area (Å²) in [5, 5.41) is 7.17. The van der Waals surface area contributed by atoms with Gasteiger partial charge in [-0.2, -0.15) is 5.10 Å². The molecule has 12 heteroatoms. The number of hydrogen-bond donors (Lipinski definition) is 2. The van der Waals surface area contributed by atoms with Gasteiger partial charge in [0.1, 0.15) is 5.00 Å². The molecule has 0 spiro atoms. The number of nitrogens with one attached hydrogen (secondary N) is 2. The number of halogens is 1. The third kappa shape index (κ3) is 7.30. The van der Waals surface area contributed by atoms with E-state index >= 15 is 0 Å². The molecule has 214 valence electrons. The third-order valence-electron chi connectivity index (χ3n) is 6.27. The van der Waals surface area contributed by atoms with Gasteiger partial charge in [-0.1, -0.05) is 18.5 Å². The molecular formula is C29H28ClN3O7S. The molecule has 0 saturated heterocycles. The molecule has 1 atom stereocenters. The second-order valence-corrected chi connectivity index (χ2v) is 10.8. The number of carbonyl (C=O) groups excluding carboxylic acids is 4. The summed E-state index contributed by atoms with van der Waals surface area (Å²) in [7, 11) is 1.41. The minimum Gasteiger partial charge on any atom is -0.493 e. The molecule has 1 aliphatic carbocycles. The topological polar surface area (TPSA) is 132 Å². The highest BCUT2D eigenvalue weighted by atomic mass is 35.5. The standard InChI is InChI=1S/C29H28ClN3O7S/c1-4-39-29(37)24-20-11-5-16(2)13-23(20)41-27(24)32-25(34)26(35)33-31-15-17-6-12-21(22(14-17)38-3)40-28(36)18-7-9-19(30)10-8-18/h6-10,12,14-16H,4-5,11,13H2,1-3H3,(H,32,34)(H,33,35)/b31-15+. The Balaban J connectivity index is 1.40. The van der Waals surface area contributed by atoms with E-state index in [1.165, 1.54) is 30.7 Å². The summed E-state index contributed by atoms with van der Waals surface area (Å²) in [6, 6.07) is 10.9. The van der Waals surface area contributed by atoms with Gasteiger partial charge in [0.05, 0.1) is 31.1 Å². The number of amides is 2. The van der Waals surface area contributed by atoms with Crippen LogP contribution in [0.15, 0.2) is 47.6 Å². The predicted molar refractivity (Wildman–Crippen MR) is 155 cm³/mol. The maximum Gasteiger partial charge on any atom is 0.343 e. The molecule has 0 saturated carbocycles. The maximum absolute atomic E-state index is 12.6. The van der Waals surface area contributed by atoms with Crippen molar-refractivity contribution in [3.05, 3.63) is 74.6 Å². The van der Waals surface area contributed by atoms with Crippen LogP contribution in [0, 0.1) is 5.92 Å². The van der Waals surface area contributed by atoms with Crippen molar-refractivity contribution in [3.63, 3.8) is 0 Å². The van der Waals surface area contributed by atoms with Crippen LogP contribution >= 0.6 is 22.9 Å². The number of thiophene rings is 1. The highest BCUT2D eigenvalue weighted by molar-refractivity contribution is 7.17. The molecule has 1 aromatic heterocycles. The van der Waals surface area contributed by atoms with Crippen LogP contribution < -0.4 is 20.2 Å². The summed E-state index contributed by atoms with van der Waals surface area (Å²) < 4.78 is 15.9. The van der Waals surface area contributed by atoms with E-state index in [0.29, 0.717) is 39.1 Å². The van der Waals surface area contributed by atoms with Gasteiger partial charge >= 0.3 is 23.8 Å². The number of methoxy groups -OCH3 is 1. The lowest BCUT2D eigenvalue weighted by atomic mass is 9.88. The van der Waals surface area contributed by atoms with Crippen molar-refractivity contribution < 1.29 is 33.4 Å². The smallest absolute Gasteiger partial charge is 0.343 e. The van der Waals surface area contributed by atoms with E-state index in [2.05, 4.69) is 22.8 Å². The van der Waals surface area contributed by atoms with Crippen LogP contribution in [-0.4, -0.2) is 43.7 Å². The zero-order valence-electron chi connectivity index (χ0n) is 22.6. The van der Waals surface area contributed by atoms with Gasteiger partial charge in [0.15, 0.2) is 11.5 Å². The largest absolute Gasteiger partial charge is 0.493 e. The minimum atomic E-state index is -1.02. The first-order valence-electron chi connectivity index (χ1n) is 12.8. The molecule has 2 N–H and O–H groups in total. The number of anilines is 1. The monoisotopic (exact) mass is 597 g/mol. The summed E-state index contributed by atoms with van der Waals surface area (Å²) in [5.74, 6) is -2.21. The molecule has 4 rings (SSSR count). The lowest BCUT2D eigenvalue weighted by Crippen LogP contribution is -2.32. The highest BCUT2D eigenvalue weighted by Crippen LogP contribution is 2.40. The van der Waals surface area contributed by atoms with E-state index in [9.17, 15) is 19.2 Å². The Kier molecular flexibility index (Phi) is 9.74. The van der Waals surface area contributed by atoms with Gasteiger partial charge in [-0.25, -0.2) is 15.0 Å².